The monoisotopic (exact) mass is 291 g/mol. The first-order valence-electron chi connectivity index (χ1n) is 5.27. The number of hydrogen-bond acceptors (Lipinski definition) is 3. The van der Waals surface area contributed by atoms with Gasteiger partial charge in [-0.05, 0) is 54.4 Å². The van der Waals surface area contributed by atoms with Crippen LogP contribution in [0.3, 0.4) is 0 Å². The summed E-state index contributed by atoms with van der Waals surface area (Å²) in [6.45, 7) is 7.81. The second-order valence-electron chi connectivity index (χ2n) is 3.40. The largest absolute Gasteiger partial charge is 0.382 e. The van der Waals surface area contributed by atoms with Crippen molar-refractivity contribution in [3.63, 3.8) is 0 Å². The lowest BCUT2D eigenvalue weighted by Gasteiger charge is -2.02. The quantitative estimate of drug-likeness (QED) is 0.778. The fourth-order valence-corrected chi connectivity index (χ4v) is 2.86. The second-order valence-corrected chi connectivity index (χ2v) is 5.85. The molecule has 1 aromatic heterocycles. The molecule has 0 spiro atoms. The van der Waals surface area contributed by atoms with Crippen LogP contribution < -0.4 is 5.32 Å². The number of hydrogen-bond donors (Lipinski definition) is 1. The molecule has 1 aromatic rings. The maximum Gasteiger partial charge on any atom is 0.0730 e. The molecule has 0 aliphatic heterocycles. The molecule has 1 heterocycles. The maximum absolute atomic E-state index is 5.26. The Labute approximate surface area is 104 Å². The molecule has 1 N–H and O–H groups in total. The van der Waals surface area contributed by atoms with E-state index in [4.69, 9.17) is 4.74 Å². The van der Waals surface area contributed by atoms with Gasteiger partial charge >= 0.3 is 0 Å². The Hall–Kier alpha value is 0.1000. The van der Waals surface area contributed by atoms with Crippen molar-refractivity contribution in [2.45, 2.75) is 26.8 Å². The van der Waals surface area contributed by atoms with Gasteiger partial charge in [-0.15, -0.1) is 11.3 Å². The Kier molecular flexibility index (Phi) is 6.48. The molecule has 0 saturated heterocycles. The first-order chi connectivity index (χ1) is 7.24. The third-order valence-electron chi connectivity index (χ3n) is 2.05. The minimum Gasteiger partial charge on any atom is -0.382 e. The van der Waals surface area contributed by atoms with Crippen LogP contribution in [0.2, 0.25) is 0 Å². The van der Waals surface area contributed by atoms with Crippen molar-refractivity contribution in [1.82, 2.24) is 5.32 Å². The van der Waals surface area contributed by atoms with Crippen LogP contribution in [0.1, 0.15) is 23.8 Å². The molecule has 0 aliphatic rings. The first-order valence-corrected chi connectivity index (χ1v) is 6.88. The molecular formula is C11H18BrNOS. The number of aryl methyl sites for hydroxylation is 1. The Morgan fingerprint density at radius 2 is 2.33 bits per heavy atom. The smallest absolute Gasteiger partial charge is 0.0730 e. The van der Waals surface area contributed by atoms with Gasteiger partial charge < -0.3 is 10.1 Å². The highest BCUT2D eigenvalue weighted by molar-refractivity contribution is 9.11. The van der Waals surface area contributed by atoms with Gasteiger partial charge in [0, 0.05) is 24.6 Å². The number of halogens is 1. The standard InChI is InChI=1S/C11H18BrNOS/c1-3-14-6-4-5-13-8-10-7-9(2)11(12)15-10/h7,13H,3-6,8H2,1-2H3. The molecule has 15 heavy (non-hydrogen) atoms. The average molecular weight is 292 g/mol. The van der Waals surface area contributed by atoms with Crippen molar-refractivity contribution >= 4 is 27.3 Å². The Balaban J connectivity index is 2.10. The summed E-state index contributed by atoms with van der Waals surface area (Å²) < 4.78 is 6.51. The fourth-order valence-electron chi connectivity index (χ4n) is 1.27. The molecule has 2 nitrogen and oxygen atoms in total. The lowest BCUT2D eigenvalue weighted by atomic mass is 10.3. The topological polar surface area (TPSA) is 21.3 Å². The van der Waals surface area contributed by atoms with Crippen molar-refractivity contribution in [3.05, 3.63) is 20.3 Å². The lowest BCUT2D eigenvalue weighted by Crippen LogP contribution is -2.15. The van der Waals surface area contributed by atoms with Crippen LogP contribution in [0, 0.1) is 6.92 Å². The van der Waals surface area contributed by atoms with E-state index in [1.807, 2.05) is 6.92 Å². The van der Waals surface area contributed by atoms with Crippen LogP contribution in [0.4, 0.5) is 0 Å². The Morgan fingerprint density at radius 1 is 1.53 bits per heavy atom. The summed E-state index contributed by atoms with van der Waals surface area (Å²) in [5.41, 5.74) is 1.33. The second kappa shape index (κ2) is 7.39. The van der Waals surface area contributed by atoms with E-state index in [0.717, 1.165) is 32.7 Å². The minimum atomic E-state index is 0.817. The zero-order valence-corrected chi connectivity index (χ0v) is 11.7. The average Bonchev–Trinajstić information content (AvgIpc) is 2.52. The number of rotatable bonds is 7. The zero-order valence-electron chi connectivity index (χ0n) is 9.31. The van der Waals surface area contributed by atoms with Crippen LogP contribution in [-0.4, -0.2) is 19.8 Å². The molecule has 0 aliphatic carbocycles. The number of nitrogens with one attached hydrogen (secondary N) is 1. The predicted octanol–water partition coefficient (Wildman–Crippen LogP) is 3.34. The summed E-state index contributed by atoms with van der Waals surface area (Å²) in [6, 6.07) is 2.23. The summed E-state index contributed by atoms with van der Waals surface area (Å²) in [5, 5.41) is 3.41. The van der Waals surface area contributed by atoms with Gasteiger partial charge in [-0.3, -0.25) is 0 Å². The SMILES string of the molecule is CCOCCCNCc1cc(C)c(Br)s1. The van der Waals surface area contributed by atoms with E-state index in [1.165, 1.54) is 14.2 Å². The van der Waals surface area contributed by atoms with E-state index >= 15 is 0 Å². The first kappa shape index (κ1) is 13.2. The molecule has 0 fully saturated rings. The summed E-state index contributed by atoms with van der Waals surface area (Å²) in [7, 11) is 0. The molecule has 0 unspecified atom stereocenters. The van der Waals surface area contributed by atoms with Crippen LogP contribution >= 0.6 is 27.3 Å². The third kappa shape index (κ3) is 5.11. The van der Waals surface area contributed by atoms with E-state index in [9.17, 15) is 0 Å². The summed E-state index contributed by atoms with van der Waals surface area (Å²) in [5.74, 6) is 0. The van der Waals surface area contributed by atoms with E-state index in [1.54, 1.807) is 11.3 Å². The van der Waals surface area contributed by atoms with Gasteiger partial charge in [0.2, 0.25) is 0 Å². The van der Waals surface area contributed by atoms with Gasteiger partial charge in [0.15, 0.2) is 0 Å². The van der Waals surface area contributed by atoms with Crippen LogP contribution in [0.5, 0.6) is 0 Å². The molecular weight excluding hydrogens is 274 g/mol. The van der Waals surface area contributed by atoms with E-state index in [0.29, 0.717) is 0 Å². The van der Waals surface area contributed by atoms with Crippen molar-refractivity contribution in [3.8, 4) is 0 Å². The van der Waals surface area contributed by atoms with Gasteiger partial charge in [0.25, 0.3) is 0 Å². The van der Waals surface area contributed by atoms with Crippen molar-refractivity contribution < 1.29 is 4.74 Å². The summed E-state index contributed by atoms with van der Waals surface area (Å²) in [6.07, 6.45) is 1.08. The van der Waals surface area contributed by atoms with Gasteiger partial charge in [-0.1, -0.05) is 0 Å². The highest BCUT2D eigenvalue weighted by Crippen LogP contribution is 2.26. The van der Waals surface area contributed by atoms with Crippen LogP contribution in [0.25, 0.3) is 0 Å². The number of thiophene rings is 1. The van der Waals surface area contributed by atoms with Crippen molar-refractivity contribution in [1.29, 1.82) is 0 Å². The Bertz CT molecular complexity index is 269. The van der Waals surface area contributed by atoms with Crippen LogP contribution in [-0.2, 0) is 11.3 Å². The number of ether oxygens (including phenoxy) is 1. The molecule has 0 aromatic carbocycles. The third-order valence-corrected chi connectivity index (χ3v) is 4.19. The minimum absolute atomic E-state index is 0.817. The van der Waals surface area contributed by atoms with Gasteiger partial charge in [-0.2, -0.15) is 0 Å². The van der Waals surface area contributed by atoms with Crippen molar-refractivity contribution in [2.24, 2.45) is 0 Å². The lowest BCUT2D eigenvalue weighted by molar-refractivity contribution is 0.144. The van der Waals surface area contributed by atoms with E-state index in [-0.39, 0.29) is 0 Å². The van der Waals surface area contributed by atoms with Crippen molar-refractivity contribution in [2.75, 3.05) is 19.8 Å². The summed E-state index contributed by atoms with van der Waals surface area (Å²) >= 11 is 5.34. The highest BCUT2D eigenvalue weighted by Gasteiger charge is 2.01. The normalized spacial score (nSPS) is 10.9. The zero-order chi connectivity index (χ0) is 11.1. The Morgan fingerprint density at radius 3 is 2.93 bits per heavy atom. The highest BCUT2D eigenvalue weighted by atomic mass is 79.9. The van der Waals surface area contributed by atoms with E-state index in [2.05, 4.69) is 34.2 Å². The maximum atomic E-state index is 5.26. The van der Waals surface area contributed by atoms with E-state index < -0.39 is 0 Å². The van der Waals surface area contributed by atoms with Gasteiger partial charge in [-0.25, -0.2) is 0 Å². The molecule has 86 valence electrons. The van der Waals surface area contributed by atoms with Crippen LogP contribution in [0.15, 0.2) is 9.85 Å². The predicted molar refractivity (Wildman–Crippen MR) is 69.6 cm³/mol. The summed E-state index contributed by atoms with van der Waals surface area (Å²) in [4.78, 5) is 1.38. The van der Waals surface area contributed by atoms with Gasteiger partial charge in [0.05, 0.1) is 3.79 Å². The molecule has 0 bridgehead atoms. The molecule has 1 rings (SSSR count). The van der Waals surface area contributed by atoms with Gasteiger partial charge in [0.1, 0.15) is 0 Å². The molecule has 0 amide bonds. The molecule has 4 heteroatoms. The molecule has 0 saturated carbocycles. The molecule has 0 atom stereocenters. The fraction of sp³-hybridized carbons (Fsp3) is 0.636. The molecule has 0 radical (unpaired) electrons.